The smallest absolute Gasteiger partial charge is 0.456 e. The van der Waals surface area contributed by atoms with Crippen molar-refractivity contribution >= 4 is 12.6 Å². The highest BCUT2D eigenvalue weighted by Crippen LogP contribution is 2.32. The fourth-order valence-electron chi connectivity index (χ4n) is 2.62. The molecule has 0 amide bonds. The molecule has 0 radical (unpaired) electrons. The van der Waals surface area contributed by atoms with Crippen molar-refractivity contribution < 1.29 is 14.4 Å². The van der Waals surface area contributed by atoms with E-state index in [0.29, 0.717) is 23.7 Å². The minimum Gasteiger partial charge on any atom is -0.456 e. The average Bonchev–Trinajstić information content (AvgIpc) is 2.87. The molecule has 0 atom stereocenters. The number of hydrogen-bond acceptors (Lipinski definition) is 4. The second-order valence-electron chi connectivity index (χ2n) is 5.57. The number of nitrogens with zero attached hydrogens (tertiary/aromatic N) is 1. The van der Waals surface area contributed by atoms with E-state index in [-0.39, 0.29) is 0 Å². The van der Waals surface area contributed by atoms with Crippen molar-refractivity contribution in [1.82, 2.24) is 0 Å². The van der Waals surface area contributed by atoms with Gasteiger partial charge in [0, 0.05) is 0 Å². The van der Waals surface area contributed by atoms with Gasteiger partial charge in [-0.1, -0.05) is 6.07 Å². The maximum Gasteiger partial charge on any atom is 0.491 e. The summed E-state index contributed by atoms with van der Waals surface area (Å²) in [6, 6.07) is 9.50. The Morgan fingerprint density at radius 3 is 2.64 bits per heavy atom. The van der Waals surface area contributed by atoms with Crippen molar-refractivity contribution in [2.75, 3.05) is 0 Å². The van der Waals surface area contributed by atoms with Crippen molar-refractivity contribution in [1.29, 1.82) is 5.26 Å². The third-order valence-corrected chi connectivity index (χ3v) is 4.17. The van der Waals surface area contributed by atoms with Gasteiger partial charge in [0.15, 0.2) is 0 Å². The third kappa shape index (κ3) is 2.37. The Bertz CT molecular complexity index is 795. The topological polar surface area (TPSA) is 62.5 Å². The molecule has 1 N–H and O–H groups in total. The summed E-state index contributed by atoms with van der Waals surface area (Å²) in [5, 5.41) is 19.0. The number of benzene rings is 2. The number of fused-ring (bicyclic) bond motifs is 1. The van der Waals surface area contributed by atoms with Gasteiger partial charge in [-0.15, -0.1) is 0 Å². The lowest BCUT2D eigenvalue weighted by Crippen LogP contribution is -2.28. The van der Waals surface area contributed by atoms with E-state index >= 15 is 0 Å². The van der Waals surface area contributed by atoms with E-state index in [9.17, 15) is 10.3 Å². The van der Waals surface area contributed by atoms with Gasteiger partial charge in [0.05, 0.1) is 12.2 Å². The van der Waals surface area contributed by atoms with Crippen LogP contribution in [0.25, 0.3) is 0 Å². The Morgan fingerprint density at radius 2 is 1.91 bits per heavy atom. The van der Waals surface area contributed by atoms with E-state index in [0.717, 1.165) is 27.7 Å². The van der Waals surface area contributed by atoms with Crippen molar-refractivity contribution in [3.63, 3.8) is 0 Å². The molecule has 0 saturated heterocycles. The highest BCUT2D eigenvalue weighted by molar-refractivity contribution is 6.61. The van der Waals surface area contributed by atoms with Crippen molar-refractivity contribution in [2.24, 2.45) is 0 Å². The summed E-state index contributed by atoms with van der Waals surface area (Å²) in [6.45, 7) is 6.27. The predicted octanol–water partition coefficient (Wildman–Crippen LogP) is 2.49. The number of nitriles is 1. The quantitative estimate of drug-likeness (QED) is 0.864. The Labute approximate surface area is 130 Å². The molecule has 110 valence electrons. The monoisotopic (exact) mass is 293 g/mol. The van der Waals surface area contributed by atoms with Crippen molar-refractivity contribution in [3.05, 3.63) is 52.1 Å². The molecule has 1 aliphatic rings. The van der Waals surface area contributed by atoms with Crippen LogP contribution in [-0.2, 0) is 11.3 Å². The summed E-state index contributed by atoms with van der Waals surface area (Å²) in [5.41, 5.74) is 5.31. The molecule has 3 rings (SSSR count). The molecule has 0 saturated carbocycles. The standard InChI is InChI=1S/C17H16BNO3/c1-10-6-13(8-19)17(7-11(10)2)22-16-5-4-15-14(12(16)3)9-21-18(15)20/h4-7,20H,9H2,1-3H3. The number of ether oxygens (including phenoxy) is 1. The maximum absolute atomic E-state index is 9.73. The molecule has 0 aromatic heterocycles. The van der Waals surface area contributed by atoms with Gasteiger partial charge in [-0.05, 0) is 66.7 Å². The highest BCUT2D eigenvalue weighted by Gasteiger charge is 2.29. The lowest BCUT2D eigenvalue weighted by Gasteiger charge is -2.14. The van der Waals surface area contributed by atoms with Gasteiger partial charge >= 0.3 is 7.12 Å². The minimum absolute atomic E-state index is 0.373. The summed E-state index contributed by atoms with van der Waals surface area (Å²) in [4.78, 5) is 0. The number of aryl methyl sites for hydroxylation is 2. The zero-order chi connectivity index (χ0) is 15.9. The fraction of sp³-hybridized carbons (Fsp3) is 0.235. The largest absolute Gasteiger partial charge is 0.491 e. The van der Waals surface area contributed by atoms with Gasteiger partial charge < -0.3 is 14.4 Å². The van der Waals surface area contributed by atoms with Gasteiger partial charge in [-0.2, -0.15) is 5.26 Å². The molecule has 5 heteroatoms. The summed E-state index contributed by atoms with van der Waals surface area (Å²) < 4.78 is 11.2. The molecule has 2 aromatic rings. The molecular weight excluding hydrogens is 277 g/mol. The van der Waals surface area contributed by atoms with Crippen LogP contribution in [0.4, 0.5) is 0 Å². The maximum atomic E-state index is 9.73. The molecule has 0 fully saturated rings. The van der Waals surface area contributed by atoms with Gasteiger partial charge in [0.2, 0.25) is 0 Å². The number of rotatable bonds is 2. The normalized spacial score (nSPS) is 13.0. The summed E-state index contributed by atoms with van der Waals surface area (Å²) in [7, 11) is -0.862. The first kappa shape index (κ1) is 14.6. The Hall–Kier alpha value is -2.29. The van der Waals surface area contributed by atoms with Crippen LogP contribution in [0.5, 0.6) is 11.5 Å². The van der Waals surface area contributed by atoms with Crippen LogP contribution in [-0.4, -0.2) is 12.1 Å². The molecule has 1 aliphatic heterocycles. The number of hydrogen-bond donors (Lipinski definition) is 1. The lowest BCUT2D eigenvalue weighted by molar-refractivity contribution is 0.274. The third-order valence-electron chi connectivity index (χ3n) is 4.17. The molecule has 0 unspecified atom stereocenters. The predicted molar refractivity (Wildman–Crippen MR) is 84.3 cm³/mol. The van der Waals surface area contributed by atoms with Gasteiger partial charge in [-0.25, -0.2) is 0 Å². The second kappa shape index (κ2) is 5.49. The van der Waals surface area contributed by atoms with E-state index in [1.54, 1.807) is 0 Å². The first-order valence-electron chi connectivity index (χ1n) is 7.12. The van der Waals surface area contributed by atoms with Crippen LogP contribution < -0.4 is 10.2 Å². The Morgan fingerprint density at radius 1 is 1.18 bits per heavy atom. The molecular formula is C17H16BNO3. The summed E-state index contributed by atoms with van der Waals surface area (Å²) in [6.07, 6.45) is 0. The zero-order valence-corrected chi connectivity index (χ0v) is 12.8. The molecule has 0 spiro atoms. The first-order valence-corrected chi connectivity index (χ1v) is 7.12. The van der Waals surface area contributed by atoms with Crippen LogP contribution in [0.3, 0.4) is 0 Å². The highest BCUT2D eigenvalue weighted by atomic mass is 16.5. The van der Waals surface area contributed by atoms with Gasteiger partial charge in [0.1, 0.15) is 17.6 Å². The second-order valence-corrected chi connectivity index (χ2v) is 5.57. The molecule has 1 heterocycles. The average molecular weight is 293 g/mol. The van der Waals surface area contributed by atoms with Crippen LogP contribution in [0.15, 0.2) is 24.3 Å². The molecule has 22 heavy (non-hydrogen) atoms. The lowest BCUT2D eigenvalue weighted by atomic mass is 9.78. The minimum atomic E-state index is -0.862. The van der Waals surface area contributed by atoms with Crippen LogP contribution in [0.2, 0.25) is 0 Å². The van der Waals surface area contributed by atoms with Gasteiger partial charge in [-0.3, -0.25) is 0 Å². The van der Waals surface area contributed by atoms with E-state index in [1.807, 2.05) is 45.0 Å². The molecule has 2 aromatic carbocycles. The molecule has 0 aliphatic carbocycles. The summed E-state index contributed by atoms with van der Waals surface area (Å²) in [5.74, 6) is 1.23. The molecule has 4 nitrogen and oxygen atoms in total. The first-order chi connectivity index (χ1) is 10.5. The fourth-order valence-corrected chi connectivity index (χ4v) is 2.62. The van der Waals surface area contributed by atoms with E-state index < -0.39 is 7.12 Å². The van der Waals surface area contributed by atoms with E-state index in [1.165, 1.54) is 0 Å². The van der Waals surface area contributed by atoms with E-state index in [4.69, 9.17) is 9.39 Å². The Balaban J connectivity index is 2.02. The Kier molecular flexibility index (Phi) is 3.65. The molecule has 0 bridgehead atoms. The van der Waals surface area contributed by atoms with Crippen LogP contribution in [0.1, 0.15) is 27.8 Å². The van der Waals surface area contributed by atoms with Crippen molar-refractivity contribution in [2.45, 2.75) is 27.4 Å². The van der Waals surface area contributed by atoms with Crippen LogP contribution in [0, 0.1) is 32.1 Å². The van der Waals surface area contributed by atoms with Gasteiger partial charge in [0.25, 0.3) is 0 Å². The van der Waals surface area contributed by atoms with E-state index in [2.05, 4.69) is 6.07 Å². The SMILES string of the molecule is Cc1cc(C#N)c(Oc2ccc3c(c2C)COB3O)cc1C. The zero-order valence-electron chi connectivity index (χ0n) is 12.8. The van der Waals surface area contributed by atoms with Crippen molar-refractivity contribution in [3.8, 4) is 17.6 Å². The van der Waals surface area contributed by atoms with Crippen LogP contribution >= 0.6 is 0 Å². The summed E-state index contributed by atoms with van der Waals surface area (Å²) >= 11 is 0.